The average molecular weight is 220 g/mol. The van der Waals surface area contributed by atoms with E-state index < -0.39 is 12.1 Å². The third-order valence-electron chi connectivity index (χ3n) is 1.16. The van der Waals surface area contributed by atoms with Gasteiger partial charge in [-0.1, -0.05) is 0 Å². The number of carbonyl (C=O) groups excluding carboxylic acids is 1. The minimum atomic E-state index is -1.20. The molecule has 0 saturated heterocycles. The summed E-state index contributed by atoms with van der Waals surface area (Å²) in [6.07, 6.45) is -1.09. The van der Waals surface area contributed by atoms with Crippen molar-refractivity contribution in [2.75, 3.05) is 48.8 Å². The van der Waals surface area contributed by atoms with Gasteiger partial charge >= 0.3 is 0 Å². The molecule has 0 bridgehead atoms. The molecule has 0 aromatic heterocycles. The maximum absolute atomic E-state index is 10.0. The van der Waals surface area contributed by atoms with Crippen LogP contribution in [0.15, 0.2) is 0 Å². The molecule has 0 aromatic rings. The fourth-order valence-corrected chi connectivity index (χ4v) is 0.889. The fraction of sp³-hybridized carbons (Fsp3) is 0.900. The van der Waals surface area contributed by atoms with Crippen LogP contribution in [-0.2, 0) is 4.79 Å². The van der Waals surface area contributed by atoms with Crippen molar-refractivity contribution >= 4 is 5.97 Å². The summed E-state index contributed by atoms with van der Waals surface area (Å²) in [5.41, 5.74) is 0. The van der Waals surface area contributed by atoms with E-state index in [2.05, 4.69) is 0 Å². The Morgan fingerprint density at radius 2 is 1.67 bits per heavy atom. The molecule has 0 aliphatic rings. The Morgan fingerprint density at radius 1 is 1.33 bits per heavy atom. The Bertz CT molecular complexity index is 173. The van der Waals surface area contributed by atoms with Crippen LogP contribution in [0.4, 0.5) is 0 Å². The summed E-state index contributed by atoms with van der Waals surface area (Å²) < 4.78 is 0.550. The van der Waals surface area contributed by atoms with E-state index in [1.165, 1.54) is 0 Å². The lowest BCUT2D eigenvalue weighted by Gasteiger charge is -2.26. The summed E-state index contributed by atoms with van der Waals surface area (Å²) in [7, 11) is 11.7. The predicted molar refractivity (Wildman–Crippen MR) is 58.1 cm³/mol. The van der Waals surface area contributed by atoms with E-state index in [9.17, 15) is 9.90 Å². The lowest BCUT2D eigenvalue weighted by Crippen LogP contribution is -2.43. The number of hydrogen-bond acceptors (Lipinski definition) is 4. The molecule has 0 spiro atoms. The van der Waals surface area contributed by atoms with Gasteiger partial charge < -0.3 is 24.4 Å². The summed E-state index contributed by atoms with van der Waals surface area (Å²) >= 11 is 0. The van der Waals surface area contributed by atoms with E-state index in [0.717, 1.165) is 0 Å². The number of hydrogen-bond donors (Lipinski definition) is 1. The zero-order valence-corrected chi connectivity index (χ0v) is 10.6. The van der Waals surface area contributed by atoms with Crippen molar-refractivity contribution in [2.24, 2.45) is 0 Å². The number of aliphatic hydroxyl groups excluding tert-OH is 1. The zero-order valence-electron chi connectivity index (χ0n) is 10.6. The Morgan fingerprint density at radius 3 is 1.87 bits per heavy atom. The van der Waals surface area contributed by atoms with Gasteiger partial charge in [0.25, 0.3) is 0 Å². The Labute approximate surface area is 92.5 Å². The van der Waals surface area contributed by atoms with Crippen molar-refractivity contribution in [2.45, 2.75) is 12.5 Å². The van der Waals surface area contributed by atoms with E-state index in [1.54, 1.807) is 0 Å². The highest BCUT2D eigenvalue weighted by atomic mass is 16.4. The van der Waals surface area contributed by atoms with Crippen LogP contribution in [0.2, 0.25) is 0 Å². The maximum Gasteiger partial charge on any atom is 0.108 e. The molecule has 0 rings (SSSR count). The minimum Gasteiger partial charge on any atom is -0.550 e. The van der Waals surface area contributed by atoms with Gasteiger partial charge in [-0.2, -0.15) is 0 Å². The smallest absolute Gasteiger partial charge is 0.108 e. The number of nitrogens with zero attached hydrogens (tertiary/aromatic N) is 2. The van der Waals surface area contributed by atoms with E-state index >= 15 is 0 Å². The Hall–Kier alpha value is -0.650. The second-order valence-corrected chi connectivity index (χ2v) is 5.04. The van der Waals surface area contributed by atoms with Gasteiger partial charge in [-0.15, -0.1) is 0 Å². The van der Waals surface area contributed by atoms with Gasteiger partial charge in [0.2, 0.25) is 0 Å². The average Bonchev–Trinajstić information content (AvgIpc) is 1.76. The van der Waals surface area contributed by atoms with Crippen LogP contribution in [-0.4, -0.2) is 75.4 Å². The first kappa shape index (κ1) is 16.8. The minimum absolute atomic E-state index is 0.282. The topological polar surface area (TPSA) is 63.6 Å². The number of carboxylic acid groups (broad SMARTS) is 1. The van der Waals surface area contributed by atoms with Gasteiger partial charge in [0.15, 0.2) is 0 Å². The van der Waals surface area contributed by atoms with Crippen LogP contribution in [0.3, 0.4) is 0 Å². The largest absolute Gasteiger partial charge is 0.550 e. The summed E-state index contributed by atoms with van der Waals surface area (Å²) in [5, 5.41) is 19.1. The first-order valence-electron chi connectivity index (χ1n) is 4.84. The van der Waals surface area contributed by atoms with Gasteiger partial charge in [0, 0.05) is 12.4 Å². The molecule has 0 heterocycles. The molecule has 15 heavy (non-hydrogen) atoms. The van der Waals surface area contributed by atoms with Gasteiger partial charge in [0.05, 0.1) is 21.1 Å². The number of aliphatic carboxylic acids is 1. The normalized spacial score (nSPS) is 13.1. The number of carboxylic acids is 1. The van der Waals surface area contributed by atoms with Gasteiger partial charge in [0.1, 0.15) is 12.6 Å². The van der Waals surface area contributed by atoms with E-state index in [0.29, 0.717) is 11.0 Å². The lowest BCUT2D eigenvalue weighted by atomic mass is 10.2. The molecule has 1 atom stereocenters. The van der Waals surface area contributed by atoms with Crippen molar-refractivity contribution in [1.29, 1.82) is 0 Å². The van der Waals surface area contributed by atoms with Crippen LogP contribution in [0, 0.1) is 0 Å². The lowest BCUT2D eigenvalue weighted by molar-refractivity contribution is -0.873. The standard InChI is InChI=1S/C7H15NO3.C3H9N/c1-8(2,3)5-6(9)4-7(10)11;1-4(2)3/h6,9H,4-5H2,1-3H3;1-3H3/t6-;/m1./s1. The summed E-state index contributed by atoms with van der Waals surface area (Å²) in [5.74, 6) is -1.20. The zero-order chi connectivity index (χ0) is 12.6. The highest BCUT2D eigenvalue weighted by Gasteiger charge is 2.14. The second-order valence-electron chi connectivity index (χ2n) is 5.04. The van der Waals surface area contributed by atoms with Crippen molar-refractivity contribution in [3.05, 3.63) is 0 Å². The summed E-state index contributed by atoms with van der Waals surface area (Å²) in [6, 6.07) is 0. The second kappa shape index (κ2) is 7.62. The highest BCUT2D eigenvalue weighted by Crippen LogP contribution is 1.97. The number of aliphatic hydroxyl groups is 1. The Kier molecular flexibility index (Phi) is 8.51. The molecule has 1 N–H and O–H groups in total. The molecule has 0 radical (unpaired) electrons. The first-order chi connectivity index (χ1) is 6.54. The van der Waals surface area contributed by atoms with Crippen LogP contribution < -0.4 is 5.11 Å². The predicted octanol–water partition coefficient (Wildman–Crippen LogP) is -1.63. The van der Waals surface area contributed by atoms with Gasteiger partial charge in [-0.3, -0.25) is 0 Å². The third kappa shape index (κ3) is 24.7. The van der Waals surface area contributed by atoms with Crippen LogP contribution in [0.5, 0.6) is 0 Å². The van der Waals surface area contributed by atoms with Crippen molar-refractivity contribution in [3.8, 4) is 0 Å². The van der Waals surface area contributed by atoms with Crippen molar-refractivity contribution in [1.82, 2.24) is 4.90 Å². The number of likely N-dealkylation sites (N-methyl/N-ethyl adjacent to an activating group) is 1. The molecule has 0 amide bonds. The monoisotopic (exact) mass is 220 g/mol. The maximum atomic E-state index is 10.0. The molecule has 0 fully saturated rings. The van der Waals surface area contributed by atoms with Crippen molar-refractivity contribution < 1.29 is 19.5 Å². The van der Waals surface area contributed by atoms with E-state index in [-0.39, 0.29) is 6.42 Å². The fourth-order valence-electron chi connectivity index (χ4n) is 0.889. The third-order valence-corrected chi connectivity index (χ3v) is 1.16. The highest BCUT2D eigenvalue weighted by molar-refractivity contribution is 5.64. The van der Waals surface area contributed by atoms with Crippen LogP contribution >= 0.6 is 0 Å². The number of quaternary nitrogens is 1. The number of carbonyl (C=O) groups is 1. The molecule has 0 aliphatic carbocycles. The molecule has 0 saturated carbocycles. The van der Waals surface area contributed by atoms with Gasteiger partial charge in [-0.05, 0) is 21.1 Å². The quantitative estimate of drug-likeness (QED) is 0.578. The summed E-state index contributed by atoms with van der Waals surface area (Å²) in [6.45, 7) is 0.425. The Balaban J connectivity index is 0. The molecule has 5 heteroatoms. The summed E-state index contributed by atoms with van der Waals surface area (Å²) in [4.78, 5) is 12.0. The number of rotatable bonds is 4. The molecular weight excluding hydrogens is 196 g/mol. The van der Waals surface area contributed by atoms with Crippen molar-refractivity contribution in [3.63, 3.8) is 0 Å². The SMILES string of the molecule is CN(C)C.C[N+](C)(C)C[C@H](O)CC(=O)[O-]. The molecule has 0 unspecified atom stereocenters. The van der Waals surface area contributed by atoms with Crippen LogP contribution in [0.1, 0.15) is 6.42 Å². The molecule has 5 nitrogen and oxygen atoms in total. The molecule has 0 aliphatic heterocycles. The van der Waals surface area contributed by atoms with E-state index in [1.807, 2.05) is 47.2 Å². The van der Waals surface area contributed by atoms with Crippen LogP contribution in [0.25, 0.3) is 0 Å². The molecular formula is C10H24N2O3. The first-order valence-corrected chi connectivity index (χ1v) is 4.84. The van der Waals surface area contributed by atoms with E-state index in [4.69, 9.17) is 5.11 Å². The molecule has 0 aromatic carbocycles. The molecule has 92 valence electrons. The van der Waals surface area contributed by atoms with Gasteiger partial charge in [-0.25, -0.2) is 0 Å².